The van der Waals surface area contributed by atoms with E-state index in [4.69, 9.17) is 23.2 Å². The van der Waals surface area contributed by atoms with Gasteiger partial charge in [-0.05, 0) is 48.4 Å². The molecular formula is C16H16BrCl2N. The van der Waals surface area contributed by atoms with Crippen molar-refractivity contribution < 1.29 is 0 Å². The Labute approximate surface area is 138 Å². The minimum Gasteiger partial charge on any atom is -0.306 e. The van der Waals surface area contributed by atoms with Crippen molar-refractivity contribution in [1.29, 1.82) is 0 Å². The molecule has 1 N–H and O–H groups in total. The van der Waals surface area contributed by atoms with E-state index in [1.54, 1.807) is 0 Å². The van der Waals surface area contributed by atoms with Crippen molar-refractivity contribution in [1.82, 2.24) is 5.32 Å². The average Bonchev–Trinajstić information content (AvgIpc) is 2.40. The van der Waals surface area contributed by atoms with Gasteiger partial charge in [-0.25, -0.2) is 0 Å². The monoisotopic (exact) mass is 371 g/mol. The van der Waals surface area contributed by atoms with Crippen molar-refractivity contribution in [3.8, 4) is 0 Å². The summed E-state index contributed by atoms with van der Waals surface area (Å²) in [5.41, 5.74) is 3.52. The van der Waals surface area contributed by atoms with Crippen molar-refractivity contribution in [2.45, 2.75) is 19.9 Å². The largest absolute Gasteiger partial charge is 0.306 e. The zero-order valence-electron chi connectivity index (χ0n) is 11.4. The quantitative estimate of drug-likeness (QED) is 0.718. The van der Waals surface area contributed by atoms with E-state index in [-0.39, 0.29) is 6.04 Å². The highest BCUT2D eigenvalue weighted by molar-refractivity contribution is 9.10. The molecule has 0 heterocycles. The molecule has 0 aliphatic carbocycles. The topological polar surface area (TPSA) is 12.0 Å². The molecule has 0 amide bonds. The summed E-state index contributed by atoms with van der Waals surface area (Å²) in [5.74, 6) is 0. The van der Waals surface area contributed by atoms with Gasteiger partial charge < -0.3 is 5.32 Å². The predicted molar refractivity (Wildman–Crippen MR) is 90.9 cm³/mol. The lowest BCUT2D eigenvalue weighted by Gasteiger charge is -2.21. The molecule has 1 nitrogen and oxygen atoms in total. The van der Waals surface area contributed by atoms with Gasteiger partial charge in [-0.3, -0.25) is 0 Å². The Morgan fingerprint density at radius 3 is 2.45 bits per heavy atom. The zero-order chi connectivity index (χ0) is 14.7. The van der Waals surface area contributed by atoms with Gasteiger partial charge in [0, 0.05) is 4.47 Å². The van der Waals surface area contributed by atoms with Crippen LogP contribution in [0.15, 0.2) is 40.9 Å². The van der Waals surface area contributed by atoms with Crippen molar-refractivity contribution in [2.75, 3.05) is 6.54 Å². The molecule has 2 rings (SSSR count). The lowest BCUT2D eigenvalue weighted by atomic mass is 9.98. The van der Waals surface area contributed by atoms with Crippen LogP contribution in [0.2, 0.25) is 10.0 Å². The smallest absolute Gasteiger partial charge is 0.0595 e. The Morgan fingerprint density at radius 1 is 1.10 bits per heavy atom. The fraction of sp³-hybridized carbons (Fsp3) is 0.250. The van der Waals surface area contributed by atoms with Gasteiger partial charge in [0.15, 0.2) is 0 Å². The zero-order valence-corrected chi connectivity index (χ0v) is 14.5. The van der Waals surface area contributed by atoms with E-state index in [0.717, 1.165) is 16.6 Å². The number of rotatable bonds is 4. The van der Waals surface area contributed by atoms with Crippen molar-refractivity contribution in [3.05, 3.63) is 67.6 Å². The molecule has 1 atom stereocenters. The second kappa shape index (κ2) is 6.95. The van der Waals surface area contributed by atoms with Crippen LogP contribution in [-0.4, -0.2) is 6.54 Å². The molecule has 106 valence electrons. The SMILES string of the molecule is CCNC(c1ccc(Cl)c(Cl)c1)c1ccc(C)cc1Br. The highest BCUT2D eigenvalue weighted by Crippen LogP contribution is 2.32. The Hall–Kier alpha value is -0.540. The molecule has 0 fully saturated rings. The molecule has 0 radical (unpaired) electrons. The number of nitrogens with one attached hydrogen (secondary N) is 1. The summed E-state index contributed by atoms with van der Waals surface area (Å²) in [6.45, 7) is 5.04. The van der Waals surface area contributed by atoms with Crippen LogP contribution in [0.1, 0.15) is 29.7 Å². The fourth-order valence-corrected chi connectivity index (χ4v) is 3.20. The molecule has 0 saturated heterocycles. The van der Waals surface area contributed by atoms with Crippen LogP contribution in [-0.2, 0) is 0 Å². The van der Waals surface area contributed by atoms with Crippen LogP contribution in [0, 0.1) is 6.92 Å². The summed E-state index contributed by atoms with van der Waals surface area (Å²) in [6, 6.07) is 12.2. The van der Waals surface area contributed by atoms with Crippen LogP contribution < -0.4 is 5.32 Å². The number of benzene rings is 2. The van der Waals surface area contributed by atoms with E-state index in [9.17, 15) is 0 Å². The highest BCUT2D eigenvalue weighted by Gasteiger charge is 2.16. The second-order valence-electron chi connectivity index (χ2n) is 4.69. The number of hydrogen-bond donors (Lipinski definition) is 1. The van der Waals surface area contributed by atoms with Gasteiger partial charge in [-0.1, -0.05) is 64.3 Å². The third kappa shape index (κ3) is 3.56. The molecule has 0 bridgehead atoms. The molecule has 2 aromatic rings. The second-order valence-corrected chi connectivity index (χ2v) is 6.36. The van der Waals surface area contributed by atoms with Gasteiger partial charge in [-0.15, -0.1) is 0 Å². The summed E-state index contributed by atoms with van der Waals surface area (Å²) in [7, 11) is 0. The van der Waals surface area contributed by atoms with Gasteiger partial charge in [-0.2, -0.15) is 0 Å². The average molecular weight is 373 g/mol. The van der Waals surface area contributed by atoms with Gasteiger partial charge in [0.25, 0.3) is 0 Å². The number of aryl methyl sites for hydroxylation is 1. The molecule has 4 heteroatoms. The first kappa shape index (κ1) is 15.8. The maximum absolute atomic E-state index is 6.14. The van der Waals surface area contributed by atoms with Crippen LogP contribution >= 0.6 is 39.1 Å². The molecule has 0 saturated carbocycles. The van der Waals surface area contributed by atoms with Crippen LogP contribution in [0.25, 0.3) is 0 Å². The third-order valence-corrected chi connectivity index (χ3v) is 4.58. The Kier molecular flexibility index (Phi) is 5.50. The first-order valence-electron chi connectivity index (χ1n) is 6.47. The summed E-state index contributed by atoms with van der Waals surface area (Å²) < 4.78 is 1.09. The predicted octanol–water partition coefficient (Wildman–Crippen LogP) is 5.76. The standard InChI is InChI=1S/C16H16BrCl2N/c1-3-20-16(11-5-7-14(18)15(19)9-11)12-6-4-10(2)8-13(12)17/h4-9,16,20H,3H2,1-2H3. The summed E-state index contributed by atoms with van der Waals surface area (Å²) in [4.78, 5) is 0. The normalized spacial score (nSPS) is 12.4. The Bertz CT molecular complexity index is 613. The Balaban J connectivity index is 2.47. The molecule has 0 aliphatic rings. The lowest BCUT2D eigenvalue weighted by molar-refractivity contribution is 0.628. The first-order chi connectivity index (χ1) is 9.52. The van der Waals surface area contributed by atoms with Crippen LogP contribution in [0.5, 0.6) is 0 Å². The minimum absolute atomic E-state index is 0.0877. The summed E-state index contributed by atoms with van der Waals surface area (Å²) >= 11 is 15.8. The maximum Gasteiger partial charge on any atom is 0.0595 e. The van der Waals surface area contributed by atoms with Crippen molar-refractivity contribution in [3.63, 3.8) is 0 Å². The molecule has 2 aromatic carbocycles. The highest BCUT2D eigenvalue weighted by atomic mass is 79.9. The van der Waals surface area contributed by atoms with Crippen molar-refractivity contribution in [2.24, 2.45) is 0 Å². The van der Waals surface area contributed by atoms with Gasteiger partial charge in [0.2, 0.25) is 0 Å². The van der Waals surface area contributed by atoms with E-state index in [0.29, 0.717) is 10.0 Å². The summed E-state index contributed by atoms with van der Waals surface area (Å²) in [5, 5.41) is 4.65. The van der Waals surface area contributed by atoms with Gasteiger partial charge in [0.05, 0.1) is 16.1 Å². The Morgan fingerprint density at radius 2 is 1.85 bits per heavy atom. The van der Waals surface area contributed by atoms with Crippen LogP contribution in [0.4, 0.5) is 0 Å². The molecule has 0 aliphatic heterocycles. The van der Waals surface area contributed by atoms with Crippen LogP contribution in [0.3, 0.4) is 0 Å². The maximum atomic E-state index is 6.14. The molecule has 20 heavy (non-hydrogen) atoms. The van der Waals surface area contributed by atoms with E-state index < -0.39 is 0 Å². The molecule has 1 unspecified atom stereocenters. The minimum atomic E-state index is 0.0877. The third-order valence-electron chi connectivity index (χ3n) is 3.15. The molecular weight excluding hydrogens is 357 g/mol. The molecule has 0 aromatic heterocycles. The van der Waals surface area contributed by atoms with E-state index >= 15 is 0 Å². The molecule has 0 spiro atoms. The first-order valence-corrected chi connectivity index (χ1v) is 8.02. The van der Waals surface area contributed by atoms with Gasteiger partial charge in [0.1, 0.15) is 0 Å². The summed E-state index contributed by atoms with van der Waals surface area (Å²) in [6.07, 6.45) is 0. The van der Waals surface area contributed by atoms with Gasteiger partial charge >= 0.3 is 0 Å². The van der Waals surface area contributed by atoms with E-state index in [1.807, 2.05) is 18.2 Å². The van der Waals surface area contributed by atoms with E-state index in [2.05, 4.69) is 53.3 Å². The van der Waals surface area contributed by atoms with Crippen molar-refractivity contribution >= 4 is 39.1 Å². The number of halogens is 3. The number of hydrogen-bond acceptors (Lipinski definition) is 1. The van der Waals surface area contributed by atoms with E-state index in [1.165, 1.54) is 11.1 Å². The lowest BCUT2D eigenvalue weighted by Crippen LogP contribution is -2.22. The fourth-order valence-electron chi connectivity index (χ4n) is 2.17.